The zero-order valence-electron chi connectivity index (χ0n) is 13.9. The molecule has 0 saturated carbocycles. The average molecular weight is 434 g/mol. The van der Waals surface area contributed by atoms with Gasteiger partial charge in [-0.1, -0.05) is 33.2 Å². The number of nitro groups is 1. The number of aromatic nitrogens is 2. The van der Waals surface area contributed by atoms with Gasteiger partial charge in [0.15, 0.2) is 12.4 Å². The van der Waals surface area contributed by atoms with Crippen LogP contribution >= 0.6 is 15.9 Å². The van der Waals surface area contributed by atoms with Crippen LogP contribution in [0, 0.1) is 10.1 Å². The second-order valence-electron chi connectivity index (χ2n) is 5.24. The Bertz CT molecular complexity index is 1000. The highest BCUT2D eigenvalue weighted by atomic mass is 79.9. The van der Waals surface area contributed by atoms with Gasteiger partial charge in [0.05, 0.1) is 17.6 Å². The molecule has 2 aromatic carbocycles. The summed E-state index contributed by atoms with van der Waals surface area (Å²) in [5, 5.41) is 15.1. The van der Waals surface area contributed by atoms with Crippen LogP contribution in [0.1, 0.15) is 16.2 Å². The largest absolute Gasteiger partial charge is 0.477 e. The Kier molecular flexibility index (Phi) is 5.46. The molecule has 0 bridgehead atoms. The first-order valence-electron chi connectivity index (χ1n) is 7.56. The predicted molar refractivity (Wildman–Crippen MR) is 96.2 cm³/mol. The SMILES string of the molecule is COC(=O)c1ccc(OCc2nc(-c3cccc(Br)c3)no2)c([N+](=O)[O-])c1. The Morgan fingerprint density at radius 1 is 1.30 bits per heavy atom. The first kappa shape index (κ1) is 18.5. The van der Waals surface area contributed by atoms with Crippen molar-refractivity contribution in [1.82, 2.24) is 10.1 Å². The maximum atomic E-state index is 11.5. The molecule has 1 aromatic heterocycles. The molecular formula is C17H12BrN3O6. The summed E-state index contributed by atoms with van der Waals surface area (Å²) in [4.78, 5) is 26.3. The minimum absolute atomic E-state index is 0.0325. The Labute approximate surface area is 161 Å². The highest BCUT2D eigenvalue weighted by Crippen LogP contribution is 2.29. The van der Waals surface area contributed by atoms with Gasteiger partial charge in [-0.15, -0.1) is 0 Å². The Hall–Kier alpha value is -3.27. The molecule has 9 nitrogen and oxygen atoms in total. The van der Waals surface area contributed by atoms with Gasteiger partial charge in [0.25, 0.3) is 5.89 Å². The van der Waals surface area contributed by atoms with Crippen LogP contribution in [-0.2, 0) is 11.3 Å². The van der Waals surface area contributed by atoms with E-state index in [1.165, 1.54) is 19.2 Å². The third-order valence-electron chi connectivity index (χ3n) is 3.48. The quantitative estimate of drug-likeness (QED) is 0.327. The van der Waals surface area contributed by atoms with E-state index in [2.05, 4.69) is 30.8 Å². The van der Waals surface area contributed by atoms with Crippen molar-refractivity contribution in [1.29, 1.82) is 0 Å². The van der Waals surface area contributed by atoms with Crippen molar-refractivity contribution in [3.63, 3.8) is 0 Å². The Morgan fingerprint density at radius 3 is 2.81 bits per heavy atom. The summed E-state index contributed by atoms with van der Waals surface area (Å²) < 4.78 is 16.0. The maximum absolute atomic E-state index is 11.5. The summed E-state index contributed by atoms with van der Waals surface area (Å²) >= 11 is 3.36. The fraction of sp³-hybridized carbons (Fsp3) is 0.118. The predicted octanol–water partition coefficient (Wildman–Crippen LogP) is 3.77. The number of benzene rings is 2. The molecule has 0 radical (unpaired) electrons. The number of nitro benzene ring substituents is 1. The lowest BCUT2D eigenvalue weighted by molar-refractivity contribution is -0.386. The van der Waals surface area contributed by atoms with Crippen LogP contribution in [0.5, 0.6) is 5.75 Å². The highest BCUT2D eigenvalue weighted by Gasteiger charge is 2.20. The zero-order chi connectivity index (χ0) is 19.4. The second-order valence-corrected chi connectivity index (χ2v) is 6.16. The number of hydrogen-bond donors (Lipinski definition) is 0. The fourth-order valence-corrected chi connectivity index (χ4v) is 2.62. The van der Waals surface area contributed by atoms with Gasteiger partial charge in [0.1, 0.15) is 0 Å². The molecule has 1 heterocycles. The molecule has 0 spiro atoms. The van der Waals surface area contributed by atoms with Crippen LogP contribution in [0.2, 0.25) is 0 Å². The van der Waals surface area contributed by atoms with Crippen molar-refractivity contribution in [2.24, 2.45) is 0 Å². The molecule has 0 N–H and O–H groups in total. The van der Waals surface area contributed by atoms with Crippen molar-refractivity contribution in [3.8, 4) is 17.1 Å². The first-order valence-corrected chi connectivity index (χ1v) is 8.35. The first-order chi connectivity index (χ1) is 13.0. The summed E-state index contributed by atoms with van der Waals surface area (Å²) in [5.74, 6) is -0.197. The maximum Gasteiger partial charge on any atom is 0.338 e. The molecule has 0 saturated heterocycles. The third kappa shape index (κ3) is 4.29. The van der Waals surface area contributed by atoms with Crippen molar-refractivity contribution in [3.05, 3.63) is 68.5 Å². The van der Waals surface area contributed by atoms with Gasteiger partial charge in [-0.05, 0) is 24.3 Å². The van der Waals surface area contributed by atoms with E-state index in [1.807, 2.05) is 24.3 Å². The van der Waals surface area contributed by atoms with E-state index in [0.717, 1.165) is 16.1 Å². The van der Waals surface area contributed by atoms with Crippen LogP contribution in [0.15, 0.2) is 51.5 Å². The van der Waals surface area contributed by atoms with Gasteiger partial charge in [0.2, 0.25) is 5.82 Å². The topological polar surface area (TPSA) is 118 Å². The number of carbonyl (C=O) groups is 1. The van der Waals surface area contributed by atoms with Crippen LogP contribution in [-0.4, -0.2) is 28.1 Å². The van der Waals surface area contributed by atoms with E-state index in [-0.39, 0.29) is 29.5 Å². The van der Waals surface area contributed by atoms with Crippen LogP contribution in [0.3, 0.4) is 0 Å². The van der Waals surface area contributed by atoms with Crippen molar-refractivity contribution in [2.75, 3.05) is 7.11 Å². The van der Waals surface area contributed by atoms with E-state index >= 15 is 0 Å². The van der Waals surface area contributed by atoms with Gasteiger partial charge in [-0.2, -0.15) is 4.98 Å². The zero-order valence-corrected chi connectivity index (χ0v) is 15.5. The summed E-state index contributed by atoms with van der Waals surface area (Å²) in [5.41, 5.74) is 0.420. The molecule has 0 unspecified atom stereocenters. The van der Waals surface area contributed by atoms with Crippen LogP contribution < -0.4 is 4.74 Å². The molecule has 0 aliphatic rings. The fourth-order valence-electron chi connectivity index (χ4n) is 2.22. The molecule has 3 aromatic rings. The molecular weight excluding hydrogens is 422 g/mol. The number of esters is 1. The van der Waals surface area contributed by atoms with E-state index in [1.54, 1.807) is 0 Å². The van der Waals surface area contributed by atoms with Gasteiger partial charge < -0.3 is 14.0 Å². The summed E-state index contributed by atoms with van der Waals surface area (Å²) in [6, 6.07) is 11.1. The molecule has 0 aliphatic heterocycles. The standard InChI is InChI=1S/C17H12BrN3O6/c1-25-17(22)11-5-6-14(13(8-11)21(23)24)26-9-15-19-16(20-27-15)10-3-2-4-12(18)7-10/h2-8H,9H2,1H3. The van der Waals surface area contributed by atoms with Gasteiger partial charge in [0, 0.05) is 16.1 Å². The number of methoxy groups -OCH3 is 1. The lowest BCUT2D eigenvalue weighted by atomic mass is 10.2. The van der Waals surface area contributed by atoms with Crippen LogP contribution in [0.25, 0.3) is 11.4 Å². The molecule has 10 heteroatoms. The normalized spacial score (nSPS) is 10.4. The van der Waals surface area contributed by atoms with Gasteiger partial charge in [-0.3, -0.25) is 10.1 Å². The van der Waals surface area contributed by atoms with Crippen molar-refractivity contribution >= 4 is 27.6 Å². The van der Waals surface area contributed by atoms with E-state index < -0.39 is 10.9 Å². The molecule has 3 rings (SSSR count). The van der Waals surface area contributed by atoms with Gasteiger partial charge >= 0.3 is 11.7 Å². The number of hydrogen-bond acceptors (Lipinski definition) is 8. The number of carbonyl (C=O) groups excluding carboxylic acids is 1. The number of nitrogens with zero attached hydrogens (tertiary/aromatic N) is 3. The number of ether oxygens (including phenoxy) is 2. The van der Waals surface area contributed by atoms with E-state index in [4.69, 9.17) is 9.26 Å². The summed E-state index contributed by atoms with van der Waals surface area (Å²) in [6.07, 6.45) is 0. The van der Waals surface area contributed by atoms with Gasteiger partial charge in [-0.25, -0.2) is 4.79 Å². The number of rotatable bonds is 6. The van der Waals surface area contributed by atoms with Crippen molar-refractivity contribution in [2.45, 2.75) is 6.61 Å². The summed E-state index contributed by atoms with van der Waals surface area (Å²) in [7, 11) is 1.19. The molecule has 0 fully saturated rings. The third-order valence-corrected chi connectivity index (χ3v) is 3.97. The minimum atomic E-state index is -0.680. The smallest absolute Gasteiger partial charge is 0.338 e. The van der Waals surface area contributed by atoms with E-state index in [9.17, 15) is 14.9 Å². The van der Waals surface area contributed by atoms with Crippen LogP contribution in [0.4, 0.5) is 5.69 Å². The lowest BCUT2D eigenvalue weighted by Crippen LogP contribution is -2.04. The molecule has 0 atom stereocenters. The second kappa shape index (κ2) is 7.96. The minimum Gasteiger partial charge on any atom is -0.477 e. The summed E-state index contributed by atoms with van der Waals surface area (Å²) in [6.45, 7) is -0.167. The monoisotopic (exact) mass is 433 g/mol. The molecule has 0 aliphatic carbocycles. The number of halogens is 1. The highest BCUT2D eigenvalue weighted by molar-refractivity contribution is 9.10. The Balaban J connectivity index is 1.77. The lowest BCUT2D eigenvalue weighted by Gasteiger charge is -2.05. The van der Waals surface area contributed by atoms with Crippen molar-refractivity contribution < 1.29 is 23.7 Å². The average Bonchev–Trinajstić information content (AvgIpc) is 3.14. The molecule has 0 amide bonds. The molecule has 27 heavy (non-hydrogen) atoms. The Morgan fingerprint density at radius 2 is 2.11 bits per heavy atom. The van der Waals surface area contributed by atoms with E-state index in [0.29, 0.717) is 5.82 Å². The molecule has 138 valence electrons.